The summed E-state index contributed by atoms with van der Waals surface area (Å²) in [4.78, 5) is 15.5. The molecule has 0 spiro atoms. The molecular formula is C9H13N3O5S. The zero-order valence-electron chi connectivity index (χ0n) is 9.52. The Morgan fingerprint density at radius 1 is 1.50 bits per heavy atom. The van der Waals surface area contributed by atoms with E-state index in [0.29, 0.717) is 13.2 Å². The van der Waals surface area contributed by atoms with Gasteiger partial charge in [0.25, 0.3) is 10.0 Å². The fourth-order valence-corrected chi connectivity index (χ4v) is 2.84. The summed E-state index contributed by atoms with van der Waals surface area (Å²) in [6.07, 6.45) is 3.87. The predicted octanol–water partition coefficient (Wildman–Crippen LogP) is -0.316. The van der Waals surface area contributed by atoms with Crippen LogP contribution in [0.25, 0.3) is 0 Å². The van der Waals surface area contributed by atoms with E-state index in [1.54, 1.807) is 0 Å². The molecule has 9 heteroatoms. The molecule has 2 rings (SSSR count). The summed E-state index contributed by atoms with van der Waals surface area (Å²) in [5.74, 6) is -1.09. The lowest BCUT2D eigenvalue weighted by molar-refractivity contribution is -0.137. The second-order valence-corrected chi connectivity index (χ2v) is 5.67. The van der Waals surface area contributed by atoms with Crippen molar-refractivity contribution in [3.05, 3.63) is 12.4 Å². The van der Waals surface area contributed by atoms with Gasteiger partial charge in [0.15, 0.2) is 0 Å². The standard InChI is InChI=1S/C9H13N3O5S/c13-9(14)7-11-6-8(5-10-11)18(15,16)12-3-1-2-4-17-12/h5-6H,1-4,7H2,(H,13,14). The molecule has 8 nitrogen and oxygen atoms in total. The van der Waals surface area contributed by atoms with Crippen LogP contribution in [0, 0.1) is 0 Å². The van der Waals surface area contributed by atoms with Crippen molar-refractivity contribution in [3.8, 4) is 0 Å². The molecule has 100 valence electrons. The monoisotopic (exact) mass is 275 g/mol. The summed E-state index contributed by atoms with van der Waals surface area (Å²) < 4.78 is 26.2. The second kappa shape index (κ2) is 5.04. The Hall–Kier alpha value is -1.45. The summed E-state index contributed by atoms with van der Waals surface area (Å²) in [7, 11) is -3.74. The van der Waals surface area contributed by atoms with E-state index >= 15 is 0 Å². The molecule has 1 fully saturated rings. The van der Waals surface area contributed by atoms with Crippen LogP contribution < -0.4 is 0 Å². The first-order valence-electron chi connectivity index (χ1n) is 5.40. The highest BCUT2D eigenvalue weighted by atomic mass is 32.2. The van der Waals surface area contributed by atoms with Gasteiger partial charge < -0.3 is 5.11 Å². The summed E-state index contributed by atoms with van der Waals surface area (Å²) >= 11 is 0. The third-order valence-electron chi connectivity index (χ3n) is 2.44. The maximum atomic E-state index is 12.1. The molecule has 1 saturated heterocycles. The summed E-state index contributed by atoms with van der Waals surface area (Å²) in [6.45, 7) is 0.283. The van der Waals surface area contributed by atoms with Gasteiger partial charge in [-0.1, -0.05) is 4.47 Å². The minimum absolute atomic E-state index is 0.0642. The van der Waals surface area contributed by atoms with E-state index in [4.69, 9.17) is 9.94 Å². The quantitative estimate of drug-likeness (QED) is 0.808. The number of carboxylic acid groups (broad SMARTS) is 1. The van der Waals surface area contributed by atoms with E-state index in [1.807, 2.05) is 0 Å². The van der Waals surface area contributed by atoms with Crippen molar-refractivity contribution >= 4 is 16.0 Å². The Balaban J connectivity index is 2.18. The first-order chi connectivity index (χ1) is 8.50. The molecule has 0 amide bonds. The van der Waals surface area contributed by atoms with Crippen LogP contribution in [-0.2, 0) is 26.2 Å². The molecule has 1 aromatic heterocycles. The Bertz CT molecular complexity index is 532. The van der Waals surface area contributed by atoms with Gasteiger partial charge in [0, 0.05) is 12.7 Å². The van der Waals surface area contributed by atoms with E-state index in [-0.39, 0.29) is 11.4 Å². The van der Waals surface area contributed by atoms with Crippen LogP contribution in [-0.4, -0.2) is 46.9 Å². The van der Waals surface area contributed by atoms with Crippen LogP contribution >= 0.6 is 0 Å². The number of hydroxylamine groups is 1. The highest BCUT2D eigenvalue weighted by molar-refractivity contribution is 7.89. The molecule has 2 heterocycles. The highest BCUT2D eigenvalue weighted by Gasteiger charge is 2.28. The molecule has 1 N–H and O–H groups in total. The number of nitrogens with zero attached hydrogens (tertiary/aromatic N) is 3. The molecule has 0 aliphatic carbocycles. The van der Waals surface area contributed by atoms with Crippen LogP contribution in [0.5, 0.6) is 0 Å². The van der Waals surface area contributed by atoms with E-state index in [9.17, 15) is 13.2 Å². The lowest BCUT2D eigenvalue weighted by Crippen LogP contribution is -2.35. The normalized spacial score (nSPS) is 17.8. The topological polar surface area (TPSA) is 102 Å². The molecular weight excluding hydrogens is 262 g/mol. The number of rotatable bonds is 4. The lowest BCUT2D eigenvalue weighted by atomic mass is 10.3. The number of sulfonamides is 1. The number of hydrogen-bond acceptors (Lipinski definition) is 5. The van der Waals surface area contributed by atoms with Crippen LogP contribution in [0.4, 0.5) is 0 Å². The predicted molar refractivity (Wildman–Crippen MR) is 58.9 cm³/mol. The van der Waals surface area contributed by atoms with E-state index < -0.39 is 16.0 Å². The summed E-state index contributed by atoms with van der Waals surface area (Å²) in [5.41, 5.74) is 0. The van der Waals surface area contributed by atoms with Gasteiger partial charge in [-0.2, -0.15) is 5.10 Å². The third kappa shape index (κ3) is 2.68. The molecule has 1 aliphatic rings. The number of hydrogen-bond donors (Lipinski definition) is 1. The third-order valence-corrected chi connectivity index (χ3v) is 4.07. The zero-order chi connectivity index (χ0) is 13.2. The number of carbonyl (C=O) groups is 1. The van der Waals surface area contributed by atoms with E-state index in [2.05, 4.69) is 5.10 Å². The van der Waals surface area contributed by atoms with Crippen LogP contribution in [0.3, 0.4) is 0 Å². The van der Waals surface area contributed by atoms with Crippen LogP contribution in [0.15, 0.2) is 17.3 Å². The molecule has 0 aromatic carbocycles. The SMILES string of the molecule is O=C(O)Cn1cc(S(=O)(=O)N2CCCCO2)cn1. The first-order valence-corrected chi connectivity index (χ1v) is 6.84. The Kier molecular flexibility index (Phi) is 3.64. The second-order valence-electron chi connectivity index (χ2n) is 3.84. The van der Waals surface area contributed by atoms with Gasteiger partial charge in [0.05, 0.1) is 12.8 Å². The summed E-state index contributed by atoms with van der Waals surface area (Å²) in [5, 5.41) is 12.3. The van der Waals surface area contributed by atoms with Crippen molar-refractivity contribution in [3.63, 3.8) is 0 Å². The highest BCUT2D eigenvalue weighted by Crippen LogP contribution is 2.18. The average molecular weight is 275 g/mol. The Morgan fingerprint density at radius 2 is 2.28 bits per heavy atom. The maximum absolute atomic E-state index is 12.1. The van der Waals surface area contributed by atoms with Gasteiger partial charge in [-0.3, -0.25) is 14.3 Å². The molecule has 18 heavy (non-hydrogen) atoms. The van der Waals surface area contributed by atoms with Gasteiger partial charge >= 0.3 is 5.97 Å². The van der Waals surface area contributed by atoms with Crippen molar-refractivity contribution in [2.75, 3.05) is 13.2 Å². The average Bonchev–Trinajstić information content (AvgIpc) is 2.78. The Labute approximate surface area is 104 Å². The molecule has 0 saturated carbocycles. The minimum atomic E-state index is -3.74. The van der Waals surface area contributed by atoms with Crippen molar-refractivity contribution in [1.82, 2.24) is 14.2 Å². The van der Waals surface area contributed by atoms with Crippen molar-refractivity contribution in [1.29, 1.82) is 0 Å². The molecule has 1 aromatic rings. The first kappa shape index (κ1) is 13.0. The van der Waals surface area contributed by atoms with Crippen molar-refractivity contribution in [2.24, 2.45) is 0 Å². The van der Waals surface area contributed by atoms with Crippen molar-refractivity contribution < 1.29 is 23.2 Å². The molecule has 0 atom stereocenters. The fraction of sp³-hybridized carbons (Fsp3) is 0.556. The van der Waals surface area contributed by atoms with Gasteiger partial charge in [0.1, 0.15) is 11.4 Å². The van der Waals surface area contributed by atoms with Gasteiger partial charge in [-0.05, 0) is 12.8 Å². The zero-order valence-corrected chi connectivity index (χ0v) is 10.3. The maximum Gasteiger partial charge on any atom is 0.325 e. The largest absolute Gasteiger partial charge is 0.480 e. The molecule has 1 aliphatic heterocycles. The van der Waals surface area contributed by atoms with Crippen molar-refractivity contribution in [2.45, 2.75) is 24.3 Å². The van der Waals surface area contributed by atoms with E-state index in [1.165, 1.54) is 6.20 Å². The fourth-order valence-electron chi connectivity index (χ4n) is 1.58. The Morgan fingerprint density at radius 3 is 2.89 bits per heavy atom. The van der Waals surface area contributed by atoms with E-state index in [0.717, 1.165) is 28.2 Å². The van der Waals surface area contributed by atoms with Crippen LogP contribution in [0.2, 0.25) is 0 Å². The smallest absolute Gasteiger partial charge is 0.325 e. The molecule has 0 radical (unpaired) electrons. The molecule has 0 unspecified atom stereocenters. The van der Waals surface area contributed by atoms with Gasteiger partial charge in [0.2, 0.25) is 0 Å². The molecule has 0 bridgehead atoms. The number of aromatic nitrogens is 2. The van der Waals surface area contributed by atoms with Crippen LogP contribution in [0.1, 0.15) is 12.8 Å². The minimum Gasteiger partial charge on any atom is -0.480 e. The van der Waals surface area contributed by atoms with Gasteiger partial charge in [-0.25, -0.2) is 8.42 Å². The summed E-state index contributed by atoms with van der Waals surface area (Å²) in [6, 6.07) is 0. The number of carboxylic acids is 1. The number of aliphatic carboxylic acids is 1. The van der Waals surface area contributed by atoms with Gasteiger partial charge in [-0.15, -0.1) is 0 Å². The lowest BCUT2D eigenvalue weighted by Gasteiger charge is -2.24.